The van der Waals surface area contributed by atoms with E-state index >= 15 is 0 Å². The van der Waals surface area contributed by atoms with Crippen molar-refractivity contribution in [1.82, 2.24) is 0 Å². The van der Waals surface area contributed by atoms with Crippen LogP contribution in [0.15, 0.2) is 18.2 Å². The molecule has 0 amide bonds. The summed E-state index contributed by atoms with van der Waals surface area (Å²) < 4.78 is 0. The van der Waals surface area contributed by atoms with Crippen molar-refractivity contribution < 1.29 is 4.92 Å². The van der Waals surface area contributed by atoms with E-state index in [1.807, 2.05) is 13.1 Å². The average Bonchev–Trinajstić information content (AvgIpc) is 2.74. The van der Waals surface area contributed by atoms with Crippen molar-refractivity contribution in [1.29, 1.82) is 0 Å². The highest BCUT2D eigenvalue weighted by atomic mass is 16.6. The largest absolute Gasteiger partial charge is 0.371 e. The normalized spacial score (nSPS) is 16.5. The lowest BCUT2D eigenvalue weighted by atomic mass is 10.1. The summed E-state index contributed by atoms with van der Waals surface area (Å²) in [4.78, 5) is 12.8. The van der Waals surface area contributed by atoms with E-state index in [0.717, 1.165) is 18.5 Å². The van der Waals surface area contributed by atoms with E-state index in [4.69, 9.17) is 5.84 Å². The number of nitro benzene ring substituents is 1. The fourth-order valence-electron chi connectivity index (χ4n) is 2.84. The van der Waals surface area contributed by atoms with E-state index in [-0.39, 0.29) is 10.6 Å². The van der Waals surface area contributed by atoms with Crippen LogP contribution in [0, 0.1) is 10.1 Å². The highest BCUT2D eigenvalue weighted by Crippen LogP contribution is 2.30. The lowest BCUT2D eigenvalue weighted by Crippen LogP contribution is -2.31. The van der Waals surface area contributed by atoms with E-state index in [0.29, 0.717) is 11.7 Å². The second kappa shape index (κ2) is 6.56. The highest BCUT2D eigenvalue weighted by Gasteiger charge is 2.19. The number of nitrogens with two attached hydrogens (primary N) is 1. The Hall–Kier alpha value is -1.82. The summed E-state index contributed by atoms with van der Waals surface area (Å²) in [5.74, 6) is 5.40. The van der Waals surface area contributed by atoms with Gasteiger partial charge in [-0.1, -0.05) is 25.7 Å². The number of non-ortho nitro benzene ring substituents is 1. The fraction of sp³-hybridized carbons (Fsp3) is 0.571. The Morgan fingerprint density at radius 1 is 1.25 bits per heavy atom. The van der Waals surface area contributed by atoms with Crippen LogP contribution in [0.25, 0.3) is 0 Å². The van der Waals surface area contributed by atoms with Gasteiger partial charge in [-0.25, -0.2) is 0 Å². The van der Waals surface area contributed by atoms with Crippen LogP contribution >= 0.6 is 0 Å². The molecule has 0 heterocycles. The predicted octanol–water partition coefficient (Wildman–Crippen LogP) is 3.04. The van der Waals surface area contributed by atoms with Gasteiger partial charge in [-0.3, -0.25) is 16.0 Å². The minimum absolute atomic E-state index is 0.0657. The Kier molecular flexibility index (Phi) is 4.79. The molecule has 0 aromatic heterocycles. The van der Waals surface area contributed by atoms with Gasteiger partial charge in [-0.05, 0) is 18.9 Å². The molecule has 0 radical (unpaired) electrons. The lowest BCUT2D eigenvalue weighted by Gasteiger charge is -2.29. The van der Waals surface area contributed by atoms with Crippen LogP contribution in [0.1, 0.15) is 38.5 Å². The summed E-state index contributed by atoms with van der Waals surface area (Å²) in [6, 6.07) is 5.37. The van der Waals surface area contributed by atoms with Gasteiger partial charge in [0.2, 0.25) is 0 Å². The van der Waals surface area contributed by atoms with Gasteiger partial charge >= 0.3 is 0 Å². The van der Waals surface area contributed by atoms with Gasteiger partial charge in [0.15, 0.2) is 0 Å². The molecule has 1 saturated carbocycles. The van der Waals surface area contributed by atoms with Crippen LogP contribution in [-0.4, -0.2) is 18.0 Å². The lowest BCUT2D eigenvalue weighted by molar-refractivity contribution is -0.384. The number of hydrogen-bond donors (Lipinski definition) is 2. The van der Waals surface area contributed by atoms with Crippen LogP contribution in [0.4, 0.5) is 17.1 Å². The third kappa shape index (κ3) is 3.39. The Labute approximate surface area is 119 Å². The van der Waals surface area contributed by atoms with Crippen molar-refractivity contribution in [3.63, 3.8) is 0 Å². The number of nitrogens with zero attached hydrogens (tertiary/aromatic N) is 2. The number of anilines is 2. The molecule has 6 heteroatoms. The van der Waals surface area contributed by atoms with Gasteiger partial charge in [0.1, 0.15) is 0 Å². The number of nitro groups is 1. The Morgan fingerprint density at radius 3 is 2.45 bits per heavy atom. The van der Waals surface area contributed by atoms with Gasteiger partial charge in [0.25, 0.3) is 5.69 Å². The molecule has 0 unspecified atom stereocenters. The predicted molar refractivity (Wildman–Crippen MR) is 80.8 cm³/mol. The number of benzene rings is 1. The maximum absolute atomic E-state index is 11.0. The summed E-state index contributed by atoms with van der Waals surface area (Å²) in [7, 11) is 2.01. The molecule has 1 aromatic carbocycles. The number of hydrogen-bond acceptors (Lipinski definition) is 5. The first-order chi connectivity index (χ1) is 9.61. The van der Waals surface area contributed by atoms with Crippen LogP contribution in [0.5, 0.6) is 0 Å². The third-order valence-corrected chi connectivity index (χ3v) is 4.06. The van der Waals surface area contributed by atoms with Crippen molar-refractivity contribution in [2.75, 3.05) is 17.4 Å². The summed E-state index contributed by atoms with van der Waals surface area (Å²) in [6.07, 6.45) is 7.32. The monoisotopic (exact) mass is 278 g/mol. The number of rotatable bonds is 4. The molecule has 2 rings (SSSR count). The van der Waals surface area contributed by atoms with E-state index < -0.39 is 0 Å². The van der Waals surface area contributed by atoms with Gasteiger partial charge < -0.3 is 10.3 Å². The summed E-state index contributed by atoms with van der Waals surface area (Å²) in [5, 5.41) is 11.0. The molecule has 1 fully saturated rings. The molecule has 0 aliphatic heterocycles. The molecule has 1 aliphatic rings. The highest BCUT2D eigenvalue weighted by molar-refractivity contribution is 5.64. The molecule has 6 nitrogen and oxygen atoms in total. The maximum Gasteiger partial charge on any atom is 0.273 e. The Balaban J connectivity index is 2.25. The molecule has 110 valence electrons. The standard InChI is InChI=1S/C14H22N4O2/c1-17(12-6-4-2-3-5-7-12)13-8-11(16-15)9-14(10-13)18(19)20/h8-10,12,16H,2-7,15H2,1H3. The topological polar surface area (TPSA) is 84.4 Å². The zero-order valence-electron chi connectivity index (χ0n) is 11.8. The van der Waals surface area contributed by atoms with Crippen LogP contribution in [0.2, 0.25) is 0 Å². The molecule has 0 saturated heterocycles. The smallest absolute Gasteiger partial charge is 0.273 e. The van der Waals surface area contributed by atoms with Gasteiger partial charge in [-0.2, -0.15) is 0 Å². The first-order valence-corrected chi connectivity index (χ1v) is 7.10. The molecule has 3 N–H and O–H groups in total. The molecule has 0 spiro atoms. The molecule has 20 heavy (non-hydrogen) atoms. The van der Waals surface area contributed by atoms with Gasteiger partial charge in [0, 0.05) is 30.9 Å². The molecular weight excluding hydrogens is 256 g/mol. The first kappa shape index (κ1) is 14.6. The van der Waals surface area contributed by atoms with Gasteiger partial charge in [-0.15, -0.1) is 0 Å². The van der Waals surface area contributed by atoms with Crippen LogP contribution in [0.3, 0.4) is 0 Å². The van der Waals surface area contributed by atoms with E-state index in [1.54, 1.807) is 6.07 Å². The Bertz CT molecular complexity index is 470. The van der Waals surface area contributed by atoms with Crippen LogP contribution < -0.4 is 16.2 Å². The van der Waals surface area contributed by atoms with Crippen molar-refractivity contribution in [3.05, 3.63) is 28.3 Å². The van der Waals surface area contributed by atoms with Crippen molar-refractivity contribution in [2.24, 2.45) is 5.84 Å². The molecule has 0 atom stereocenters. The number of nitrogens with one attached hydrogen (secondary N) is 1. The zero-order chi connectivity index (χ0) is 14.5. The van der Waals surface area contributed by atoms with Crippen LogP contribution in [-0.2, 0) is 0 Å². The van der Waals surface area contributed by atoms with Crippen molar-refractivity contribution >= 4 is 17.1 Å². The van der Waals surface area contributed by atoms with E-state index in [9.17, 15) is 10.1 Å². The minimum Gasteiger partial charge on any atom is -0.371 e. The first-order valence-electron chi connectivity index (χ1n) is 7.10. The second-order valence-electron chi connectivity index (χ2n) is 5.40. The fourth-order valence-corrected chi connectivity index (χ4v) is 2.84. The molecule has 0 bridgehead atoms. The molecular formula is C14H22N4O2. The summed E-state index contributed by atoms with van der Waals surface area (Å²) in [5.41, 5.74) is 3.98. The minimum atomic E-state index is -0.384. The maximum atomic E-state index is 11.0. The molecule has 1 aliphatic carbocycles. The zero-order valence-corrected chi connectivity index (χ0v) is 11.8. The summed E-state index contributed by atoms with van der Waals surface area (Å²) in [6.45, 7) is 0. The average molecular weight is 278 g/mol. The van der Waals surface area contributed by atoms with E-state index in [2.05, 4.69) is 10.3 Å². The Morgan fingerprint density at radius 2 is 1.90 bits per heavy atom. The van der Waals surface area contributed by atoms with Crippen molar-refractivity contribution in [3.8, 4) is 0 Å². The van der Waals surface area contributed by atoms with E-state index in [1.165, 1.54) is 31.7 Å². The quantitative estimate of drug-likeness (QED) is 0.383. The van der Waals surface area contributed by atoms with Crippen molar-refractivity contribution in [2.45, 2.75) is 44.6 Å². The molecule has 1 aromatic rings. The number of hydrazine groups is 1. The van der Waals surface area contributed by atoms with Gasteiger partial charge in [0.05, 0.1) is 10.6 Å². The SMILES string of the molecule is CN(c1cc(NN)cc([N+](=O)[O-])c1)C1CCCCCC1. The number of nitrogen functional groups attached to an aromatic ring is 1. The second-order valence-corrected chi connectivity index (χ2v) is 5.40. The third-order valence-electron chi connectivity index (χ3n) is 4.06. The summed E-state index contributed by atoms with van der Waals surface area (Å²) >= 11 is 0.